The van der Waals surface area contributed by atoms with Gasteiger partial charge in [0.1, 0.15) is 6.61 Å². The summed E-state index contributed by atoms with van der Waals surface area (Å²) in [6.07, 6.45) is -2.40. The van der Waals surface area contributed by atoms with E-state index in [0.29, 0.717) is 0 Å². The Hall–Kier alpha value is -1.17. The molecule has 0 aromatic heterocycles. The van der Waals surface area contributed by atoms with Gasteiger partial charge in [-0.2, -0.15) is 0 Å². The van der Waals surface area contributed by atoms with Crippen LogP contribution in [0.1, 0.15) is 27.7 Å². The van der Waals surface area contributed by atoms with Crippen LogP contribution in [0.15, 0.2) is 0 Å². The van der Waals surface area contributed by atoms with Crippen molar-refractivity contribution in [2.75, 3.05) is 25.7 Å². The van der Waals surface area contributed by atoms with E-state index < -0.39 is 18.4 Å². The molecule has 0 aromatic carbocycles. The minimum Gasteiger partial charge on any atom is -0.434 e. The Labute approximate surface area is 124 Å². The van der Waals surface area contributed by atoms with Gasteiger partial charge >= 0.3 is 12.3 Å². The van der Waals surface area contributed by atoms with Crippen LogP contribution in [-0.2, 0) is 18.9 Å². The van der Waals surface area contributed by atoms with Crippen molar-refractivity contribution in [3.05, 3.63) is 0 Å². The summed E-state index contributed by atoms with van der Waals surface area (Å²) >= 11 is 5.62. The van der Waals surface area contributed by atoms with Crippen LogP contribution in [0.25, 0.3) is 0 Å². The molecule has 0 saturated heterocycles. The largest absolute Gasteiger partial charge is 0.508 e. The van der Waals surface area contributed by atoms with Gasteiger partial charge in [0, 0.05) is 0 Å². The zero-order valence-electron chi connectivity index (χ0n) is 12.4. The van der Waals surface area contributed by atoms with Crippen LogP contribution in [0, 0.1) is 11.8 Å². The van der Waals surface area contributed by atoms with Crippen LogP contribution in [0.2, 0.25) is 0 Å². The number of carbonyl (C=O) groups is 2. The van der Waals surface area contributed by atoms with Gasteiger partial charge in [0.25, 0.3) is 0 Å². The molecule has 0 heterocycles. The average Bonchev–Trinajstić information content (AvgIpc) is 2.38. The van der Waals surface area contributed by atoms with Crippen molar-refractivity contribution in [1.29, 1.82) is 0 Å². The quantitative estimate of drug-likeness (QED) is 0.506. The van der Waals surface area contributed by atoms with Crippen molar-refractivity contribution in [3.8, 4) is 0 Å². The van der Waals surface area contributed by atoms with Crippen LogP contribution < -0.4 is 0 Å². The summed E-state index contributed by atoms with van der Waals surface area (Å²) in [6.45, 7) is 7.97. The third-order valence-corrected chi connectivity index (χ3v) is 2.24. The highest BCUT2D eigenvalue weighted by molar-refractivity contribution is 6.18. The van der Waals surface area contributed by atoms with Crippen molar-refractivity contribution >= 4 is 23.9 Å². The van der Waals surface area contributed by atoms with E-state index in [0.717, 1.165) is 0 Å². The van der Waals surface area contributed by atoms with E-state index in [2.05, 4.69) is 0 Å². The molecule has 1 unspecified atom stereocenters. The minimum absolute atomic E-state index is 0.00572. The molecule has 0 saturated carbocycles. The van der Waals surface area contributed by atoms with Crippen molar-refractivity contribution < 1.29 is 28.5 Å². The second kappa shape index (κ2) is 10.6. The molecule has 0 N–H and O–H groups in total. The highest BCUT2D eigenvalue weighted by atomic mass is 35.5. The lowest BCUT2D eigenvalue weighted by Crippen LogP contribution is -2.28. The highest BCUT2D eigenvalue weighted by Gasteiger charge is 2.18. The molecule has 0 amide bonds. The molecule has 118 valence electrons. The number of alkyl halides is 1. The molecule has 0 spiro atoms. The molecular formula is C13H23ClO6. The summed E-state index contributed by atoms with van der Waals surface area (Å²) in [6, 6.07) is 0. The summed E-state index contributed by atoms with van der Waals surface area (Å²) in [4.78, 5) is 22.5. The first-order valence-electron chi connectivity index (χ1n) is 6.54. The van der Waals surface area contributed by atoms with E-state index in [1.165, 1.54) is 0 Å². The Morgan fingerprint density at radius 2 is 1.30 bits per heavy atom. The van der Waals surface area contributed by atoms with Crippen LogP contribution in [0.5, 0.6) is 0 Å². The third kappa shape index (κ3) is 10.7. The SMILES string of the molecule is CC(C)COC(=O)OCC(CCl)OC(=O)OCC(C)C. The van der Waals surface area contributed by atoms with E-state index >= 15 is 0 Å². The lowest BCUT2D eigenvalue weighted by molar-refractivity contribution is -0.0139. The molecule has 0 aliphatic carbocycles. The van der Waals surface area contributed by atoms with Crippen LogP contribution in [-0.4, -0.2) is 44.1 Å². The molecule has 0 rings (SSSR count). The maximum atomic E-state index is 11.3. The van der Waals surface area contributed by atoms with Gasteiger partial charge in [0.2, 0.25) is 0 Å². The Balaban J connectivity index is 3.91. The molecule has 0 aliphatic rings. The Morgan fingerprint density at radius 1 is 0.850 bits per heavy atom. The Bertz CT molecular complexity index is 293. The third-order valence-electron chi connectivity index (χ3n) is 1.89. The molecule has 7 heteroatoms. The highest BCUT2D eigenvalue weighted by Crippen LogP contribution is 2.03. The van der Waals surface area contributed by atoms with Crippen LogP contribution in [0.3, 0.4) is 0 Å². The fourth-order valence-corrected chi connectivity index (χ4v) is 1.10. The molecule has 0 bridgehead atoms. The van der Waals surface area contributed by atoms with E-state index in [4.69, 9.17) is 30.5 Å². The number of halogens is 1. The second-order valence-electron chi connectivity index (χ2n) is 5.11. The lowest BCUT2D eigenvalue weighted by Gasteiger charge is -2.16. The molecule has 1 atom stereocenters. The molecular weight excluding hydrogens is 288 g/mol. The van der Waals surface area contributed by atoms with Gasteiger partial charge in [0.15, 0.2) is 6.10 Å². The normalized spacial score (nSPS) is 12.2. The van der Waals surface area contributed by atoms with Crippen molar-refractivity contribution in [2.45, 2.75) is 33.8 Å². The first kappa shape index (κ1) is 18.8. The van der Waals surface area contributed by atoms with Gasteiger partial charge < -0.3 is 18.9 Å². The molecule has 0 fully saturated rings. The fourth-order valence-electron chi connectivity index (χ4n) is 0.952. The van der Waals surface area contributed by atoms with Crippen molar-refractivity contribution in [2.24, 2.45) is 11.8 Å². The summed E-state index contributed by atoms with van der Waals surface area (Å²) in [7, 11) is 0. The molecule has 0 aromatic rings. The van der Waals surface area contributed by atoms with Crippen LogP contribution in [0.4, 0.5) is 9.59 Å². The Morgan fingerprint density at radius 3 is 1.75 bits per heavy atom. The molecule has 6 nitrogen and oxygen atoms in total. The predicted molar refractivity (Wildman–Crippen MR) is 73.9 cm³/mol. The topological polar surface area (TPSA) is 71.1 Å². The predicted octanol–water partition coefficient (Wildman–Crippen LogP) is 3.21. The maximum absolute atomic E-state index is 11.3. The van der Waals surface area contributed by atoms with Gasteiger partial charge in [0.05, 0.1) is 19.1 Å². The van der Waals surface area contributed by atoms with Gasteiger partial charge in [-0.25, -0.2) is 9.59 Å². The van der Waals surface area contributed by atoms with E-state index in [1.807, 2.05) is 27.7 Å². The lowest BCUT2D eigenvalue weighted by atomic mass is 10.2. The standard InChI is InChI=1S/C13H23ClO6/c1-9(2)6-17-12(15)19-8-11(5-14)20-13(16)18-7-10(3)4/h9-11H,5-8H2,1-4H3. The summed E-state index contributed by atoms with van der Waals surface area (Å²) in [5.41, 5.74) is 0. The maximum Gasteiger partial charge on any atom is 0.508 e. The van der Waals surface area contributed by atoms with Crippen molar-refractivity contribution in [3.63, 3.8) is 0 Å². The monoisotopic (exact) mass is 310 g/mol. The van der Waals surface area contributed by atoms with E-state index in [-0.39, 0.29) is 37.5 Å². The first-order chi connectivity index (χ1) is 9.35. The summed E-state index contributed by atoms with van der Waals surface area (Å²) in [5.74, 6) is 0.418. The molecule has 0 radical (unpaired) electrons. The number of carbonyl (C=O) groups excluding carboxylic acids is 2. The van der Waals surface area contributed by atoms with Crippen LogP contribution >= 0.6 is 11.6 Å². The van der Waals surface area contributed by atoms with E-state index in [9.17, 15) is 9.59 Å². The van der Waals surface area contributed by atoms with Gasteiger partial charge in [-0.05, 0) is 11.8 Å². The molecule has 0 aliphatic heterocycles. The first-order valence-corrected chi connectivity index (χ1v) is 7.07. The minimum atomic E-state index is -0.830. The summed E-state index contributed by atoms with van der Waals surface area (Å²) < 4.78 is 19.3. The second-order valence-corrected chi connectivity index (χ2v) is 5.42. The van der Waals surface area contributed by atoms with E-state index in [1.54, 1.807) is 0 Å². The smallest absolute Gasteiger partial charge is 0.434 e. The zero-order chi connectivity index (χ0) is 15.5. The summed E-state index contributed by atoms with van der Waals surface area (Å²) in [5, 5.41) is 0. The number of hydrogen-bond acceptors (Lipinski definition) is 6. The van der Waals surface area contributed by atoms with Crippen molar-refractivity contribution in [1.82, 2.24) is 0 Å². The van der Waals surface area contributed by atoms with Gasteiger partial charge in [-0.1, -0.05) is 27.7 Å². The van der Waals surface area contributed by atoms with Gasteiger partial charge in [-0.3, -0.25) is 0 Å². The Kier molecular flexibility index (Phi) is 9.98. The zero-order valence-corrected chi connectivity index (χ0v) is 13.1. The average molecular weight is 311 g/mol. The van der Waals surface area contributed by atoms with Gasteiger partial charge in [-0.15, -0.1) is 11.6 Å². The number of ether oxygens (including phenoxy) is 4. The number of hydrogen-bond donors (Lipinski definition) is 0. The molecule has 20 heavy (non-hydrogen) atoms. The number of rotatable bonds is 8. The fraction of sp³-hybridized carbons (Fsp3) is 0.846.